The van der Waals surface area contributed by atoms with E-state index in [0.717, 1.165) is 49.8 Å². The minimum Gasteiger partial charge on any atom is -0.317 e. The van der Waals surface area contributed by atoms with Crippen molar-refractivity contribution in [3.05, 3.63) is 33.1 Å². The summed E-state index contributed by atoms with van der Waals surface area (Å²) in [6.07, 6.45) is 0.973. The van der Waals surface area contributed by atoms with Crippen molar-refractivity contribution in [2.24, 2.45) is 0 Å². The largest absolute Gasteiger partial charge is 0.317 e. The third kappa shape index (κ3) is 2.82. The number of hydrogen-bond acceptors (Lipinski definition) is 5. The number of carbonyl (C=O) groups is 1. The standard InChI is InChI=1S/C16H14BrN3OS2/c1-8(21)19-15-14(10-4-5-18-7-13(10)23-15)16-20-11-6-9(17)2-3-12(11)22-16/h2-3,6,18H,4-5,7H2,1H3,(H,19,21). The van der Waals surface area contributed by atoms with E-state index in [-0.39, 0.29) is 5.91 Å². The van der Waals surface area contributed by atoms with Crippen molar-refractivity contribution in [3.8, 4) is 10.6 Å². The van der Waals surface area contributed by atoms with Crippen LogP contribution in [0.3, 0.4) is 0 Å². The van der Waals surface area contributed by atoms with E-state index in [1.54, 1.807) is 29.6 Å². The first-order valence-corrected chi connectivity index (χ1v) is 9.74. The zero-order valence-electron chi connectivity index (χ0n) is 12.4. The Bertz CT molecular complexity index is 916. The molecule has 1 aliphatic heterocycles. The number of fused-ring (bicyclic) bond motifs is 2. The van der Waals surface area contributed by atoms with Crippen molar-refractivity contribution in [1.82, 2.24) is 10.3 Å². The van der Waals surface area contributed by atoms with Crippen molar-refractivity contribution in [1.29, 1.82) is 0 Å². The van der Waals surface area contributed by atoms with Gasteiger partial charge in [-0.25, -0.2) is 4.98 Å². The maximum atomic E-state index is 11.6. The molecule has 0 atom stereocenters. The highest BCUT2D eigenvalue weighted by Gasteiger charge is 2.24. The molecule has 4 nitrogen and oxygen atoms in total. The summed E-state index contributed by atoms with van der Waals surface area (Å²) in [5, 5.41) is 8.30. The summed E-state index contributed by atoms with van der Waals surface area (Å²) in [5.41, 5.74) is 3.43. The Morgan fingerprint density at radius 2 is 2.26 bits per heavy atom. The predicted molar refractivity (Wildman–Crippen MR) is 100 cm³/mol. The van der Waals surface area contributed by atoms with Gasteiger partial charge in [0.2, 0.25) is 5.91 Å². The maximum Gasteiger partial charge on any atom is 0.221 e. The number of carbonyl (C=O) groups excluding carboxylic acids is 1. The van der Waals surface area contributed by atoms with Crippen LogP contribution in [0.25, 0.3) is 20.8 Å². The molecule has 118 valence electrons. The highest BCUT2D eigenvalue weighted by molar-refractivity contribution is 9.10. The Morgan fingerprint density at radius 3 is 3.09 bits per heavy atom. The normalized spacial score (nSPS) is 14.0. The van der Waals surface area contributed by atoms with Crippen LogP contribution in [0.2, 0.25) is 0 Å². The van der Waals surface area contributed by atoms with Gasteiger partial charge in [0.15, 0.2) is 0 Å². The van der Waals surface area contributed by atoms with Crippen molar-refractivity contribution < 1.29 is 4.79 Å². The van der Waals surface area contributed by atoms with Gasteiger partial charge < -0.3 is 10.6 Å². The summed E-state index contributed by atoms with van der Waals surface area (Å²) >= 11 is 6.84. The second kappa shape index (κ2) is 5.98. The first-order valence-electron chi connectivity index (χ1n) is 7.31. The molecule has 0 spiro atoms. The monoisotopic (exact) mass is 407 g/mol. The fourth-order valence-electron chi connectivity index (χ4n) is 2.82. The van der Waals surface area contributed by atoms with Crippen LogP contribution in [0, 0.1) is 0 Å². The minimum absolute atomic E-state index is 0.0401. The van der Waals surface area contributed by atoms with Gasteiger partial charge in [0.1, 0.15) is 10.0 Å². The molecule has 4 rings (SSSR count). The Morgan fingerprint density at radius 1 is 1.39 bits per heavy atom. The van der Waals surface area contributed by atoms with Crippen LogP contribution in [-0.4, -0.2) is 17.4 Å². The van der Waals surface area contributed by atoms with E-state index in [2.05, 4.69) is 32.6 Å². The van der Waals surface area contributed by atoms with Gasteiger partial charge in [-0.15, -0.1) is 22.7 Å². The number of anilines is 1. The summed E-state index contributed by atoms with van der Waals surface area (Å²) in [7, 11) is 0. The zero-order chi connectivity index (χ0) is 16.0. The van der Waals surface area contributed by atoms with E-state index in [9.17, 15) is 4.79 Å². The molecular formula is C16H14BrN3OS2. The van der Waals surface area contributed by atoms with E-state index in [1.807, 2.05) is 12.1 Å². The topological polar surface area (TPSA) is 54.0 Å². The van der Waals surface area contributed by atoms with Crippen molar-refractivity contribution >= 4 is 59.7 Å². The van der Waals surface area contributed by atoms with Gasteiger partial charge in [-0.2, -0.15) is 0 Å². The lowest BCUT2D eigenvalue weighted by Gasteiger charge is -2.13. The molecule has 0 unspecified atom stereocenters. The molecule has 3 heterocycles. The zero-order valence-corrected chi connectivity index (χ0v) is 15.6. The van der Waals surface area contributed by atoms with E-state index in [1.165, 1.54) is 10.4 Å². The summed E-state index contributed by atoms with van der Waals surface area (Å²) in [5.74, 6) is -0.0401. The molecule has 1 aliphatic rings. The lowest BCUT2D eigenvalue weighted by molar-refractivity contribution is -0.114. The van der Waals surface area contributed by atoms with Crippen molar-refractivity contribution in [2.45, 2.75) is 19.9 Å². The van der Waals surface area contributed by atoms with Gasteiger partial charge in [-0.05, 0) is 36.7 Å². The minimum atomic E-state index is -0.0401. The second-order valence-corrected chi connectivity index (χ2v) is 8.50. The molecule has 0 bridgehead atoms. The molecule has 0 saturated carbocycles. The Labute approximate surface area is 150 Å². The SMILES string of the molecule is CC(=O)Nc1sc2c(c1-c1nc3cc(Br)ccc3s1)CCNC2. The van der Waals surface area contributed by atoms with Gasteiger partial charge >= 0.3 is 0 Å². The average molecular weight is 408 g/mol. The third-order valence-corrected chi connectivity index (χ3v) is 6.48. The molecule has 0 aliphatic carbocycles. The average Bonchev–Trinajstić information content (AvgIpc) is 3.05. The van der Waals surface area contributed by atoms with Gasteiger partial charge in [0, 0.05) is 28.4 Å². The highest BCUT2D eigenvalue weighted by atomic mass is 79.9. The number of halogens is 1. The maximum absolute atomic E-state index is 11.6. The smallest absolute Gasteiger partial charge is 0.221 e. The van der Waals surface area contributed by atoms with Crippen LogP contribution in [-0.2, 0) is 17.8 Å². The molecule has 2 aromatic heterocycles. The van der Waals surface area contributed by atoms with Gasteiger partial charge in [0.05, 0.1) is 10.2 Å². The van der Waals surface area contributed by atoms with Crippen LogP contribution in [0.5, 0.6) is 0 Å². The number of nitrogens with one attached hydrogen (secondary N) is 2. The summed E-state index contributed by atoms with van der Waals surface area (Å²) in [4.78, 5) is 17.7. The number of benzene rings is 1. The van der Waals surface area contributed by atoms with Crippen molar-refractivity contribution in [3.63, 3.8) is 0 Å². The van der Waals surface area contributed by atoms with E-state index < -0.39 is 0 Å². The summed E-state index contributed by atoms with van der Waals surface area (Å²) in [6.45, 7) is 3.38. The van der Waals surface area contributed by atoms with Crippen LogP contribution in [0.1, 0.15) is 17.4 Å². The number of hydrogen-bond donors (Lipinski definition) is 2. The number of thiophene rings is 1. The molecule has 3 aromatic rings. The fourth-order valence-corrected chi connectivity index (χ4v) is 5.52. The first-order chi connectivity index (χ1) is 11.1. The number of rotatable bonds is 2. The van der Waals surface area contributed by atoms with Gasteiger partial charge in [0.25, 0.3) is 0 Å². The van der Waals surface area contributed by atoms with Crippen LogP contribution in [0.15, 0.2) is 22.7 Å². The molecule has 0 fully saturated rings. The molecule has 1 aromatic carbocycles. The quantitative estimate of drug-likeness (QED) is 0.661. The molecule has 1 amide bonds. The van der Waals surface area contributed by atoms with E-state index in [4.69, 9.17) is 4.98 Å². The number of thiazole rings is 1. The third-order valence-electron chi connectivity index (χ3n) is 3.78. The molecule has 23 heavy (non-hydrogen) atoms. The lowest BCUT2D eigenvalue weighted by Crippen LogP contribution is -2.22. The molecule has 0 saturated heterocycles. The van der Waals surface area contributed by atoms with Gasteiger partial charge in [-0.1, -0.05) is 15.9 Å². The Hall–Kier alpha value is -1.28. The van der Waals surface area contributed by atoms with Crippen LogP contribution >= 0.6 is 38.6 Å². The summed E-state index contributed by atoms with van der Waals surface area (Å²) < 4.78 is 2.19. The highest BCUT2D eigenvalue weighted by Crippen LogP contribution is 2.44. The van der Waals surface area contributed by atoms with E-state index >= 15 is 0 Å². The van der Waals surface area contributed by atoms with Crippen LogP contribution in [0.4, 0.5) is 5.00 Å². The fraction of sp³-hybridized carbons (Fsp3) is 0.250. The Kier molecular flexibility index (Phi) is 3.96. The molecular weight excluding hydrogens is 394 g/mol. The number of aromatic nitrogens is 1. The predicted octanol–water partition coefficient (Wildman–Crippen LogP) is 4.39. The molecule has 7 heteroatoms. The van der Waals surface area contributed by atoms with E-state index in [0.29, 0.717) is 0 Å². The number of amides is 1. The first kappa shape index (κ1) is 15.3. The molecule has 0 radical (unpaired) electrons. The molecule has 2 N–H and O–H groups in total. The number of nitrogens with zero attached hydrogens (tertiary/aromatic N) is 1. The van der Waals surface area contributed by atoms with Gasteiger partial charge in [-0.3, -0.25) is 4.79 Å². The van der Waals surface area contributed by atoms with Crippen LogP contribution < -0.4 is 10.6 Å². The second-order valence-electron chi connectivity index (χ2n) is 5.45. The van der Waals surface area contributed by atoms with Crippen molar-refractivity contribution in [2.75, 3.05) is 11.9 Å². The Balaban J connectivity index is 1.90. The summed E-state index contributed by atoms with van der Waals surface area (Å²) in [6, 6.07) is 6.15. The lowest BCUT2D eigenvalue weighted by atomic mass is 10.0.